The molecule has 1 amide bonds. The maximum atomic E-state index is 13.0. The standard InChI is InChI=1S/C14H10BrClFNO2/c15-12-7-10(3-6-13(12)17)18-14(19)8-20-11-4-1-9(16)2-5-11/h1-7H,8H2,(H,18,19). The van der Waals surface area contributed by atoms with Crippen LogP contribution >= 0.6 is 27.5 Å². The number of benzene rings is 2. The first kappa shape index (κ1) is 14.8. The van der Waals surface area contributed by atoms with Gasteiger partial charge in [-0.25, -0.2) is 4.39 Å². The average Bonchev–Trinajstić information content (AvgIpc) is 2.42. The number of nitrogens with one attached hydrogen (secondary N) is 1. The normalized spacial score (nSPS) is 10.2. The molecule has 0 aliphatic heterocycles. The van der Waals surface area contributed by atoms with Crippen LogP contribution in [0.3, 0.4) is 0 Å². The second kappa shape index (κ2) is 6.72. The van der Waals surface area contributed by atoms with Crippen LogP contribution in [0.1, 0.15) is 0 Å². The minimum atomic E-state index is -0.389. The first-order chi connectivity index (χ1) is 9.54. The Balaban J connectivity index is 1.89. The van der Waals surface area contributed by atoms with Crippen LogP contribution in [0.4, 0.5) is 10.1 Å². The van der Waals surface area contributed by atoms with E-state index in [1.54, 1.807) is 24.3 Å². The maximum absolute atomic E-state index is 13.0. The van der Waals surface area contributed by atoms with E-state index in [0.717, 1.165) is 0 Å². The fraction of sp³-hybridized carbons (Fsp3) is 0.0714. The minimum absolute atomic E-state index is 0.142. The van der Waals surface area contributed by atoms with Crippen LogP contribution in [0.2, 0.25) is 5.02 Å². The molecular formula is C14H10BrClFNO2. The molecule has 6 heteroatoms. The molecule has 0 saturated carbocycles. The fourth-order valence-corrected chi connectivity index (χ4v) is 1.96. The number of hydrogen-bond acceptors (Lipinski definition) is 2. The second-order valence-corrected chi connectivity index (χ2v) is 5.21. The Morgan fingerprint density at radius 2 is 1.95 bits per heavy atom. The molecule has 0 aliphatic rings. The molecule has 20 heavy (non-hydrogen) atoms. The van der Waals surface area contributed by atoms with Crippen LogP contribution < -0.4 is 10.1 Å². The Hall–Kier alpha value is -1.59. The monoisotopic (exact) mass is 357 g/mol. The van der Waals surface area contributed by atoms with Crippen LogP contribution in [0, 0.1) is 5.82 Å². The van der Waals surface area contributed by atoms with E-state index >= 15 is 0 Å². The molecule has 104 valence electrons. The smallest absolute Gasteiger partial charge is 0.262 e. The Morgan fingerprint density at radius 3 is 2.60 bits per heavy atom. The predicted molar refractivity (Wildman–Crippen MR) is 79.7 cm³/mol. The summed E-state index contributed by atoms with van der Waals surface area (Å²) in [6.45, 7) is -0.142. The Bertz CT molecular complexity index is 619. The lowest BCUT2D eigenvalue weighted by molar-refractivity contribution is -0.118. The molecule has 2 aromatic rings. The van der Waals surface area contributed by atoms with Crippen molar-refractivity contribution in [3.05, 3.63) is 57.8 Å². The van der Waals surface area contributed by atoms with E-state index in [9.17, 15) is 9.18 Å². The number of anilines is 1. The highest BCUT2D eigenvalue weighted by Gasteiger charge is 2.06. The number of carbonyl (C=O) groups excluding carboxylic acids is 1. The number of hydrogen-bond donors (Lipinski definition) is 1. The van der Waals surface area contributed by atoms with Gasteiger partial charge >= 0.3 is 0 Å². The highest BCUT2D eigenvalue weighted by atomic mass is 79.9. The van der Waals surface area contributed by atoms with Gasteiger partial charge in [0, 0.05) is 10.7 Å². The highest BCUT2D eigenvalue weighted by molar-refractivity contribution is 9.10. The van der Waals surface area contributed by atoms with Gasteiger partial charge in [-0.05, 0) is 58.4 Å². The number of ether oxygens (including phenoxy) is 1. The molecule has 2 aromatic carbocycles. The van der Waals surface area contributed by atoms with E-state index in [0.29, 0.717) is 16.5 Å². The fourth-order valence-electron chi connectivity index (χ4n) is 1.45. The lowest BCUT2D eigenvalue weighted by Gasteiger charge is -2.08. The zero-order valence-electron chi connectivity index (χ0n) is 10.2. The van der Waals surface area contributed by atoms with E-state index < -0.39 is 0 Å². The molecule has 0 atom stereocenters. The summed E-state index contributed by atoms with van der Waals surface area (Å²) in [7, 11) is 0. The average molecular weight is 359 g/mol. The third-order valence-electron chi connectivity index (χ3n) is 2.39. The largest absolute Gasteiger partial charge is 0.484 e. The van der Waals surface area contributed by atoms with Gasteiger partial charge in [0.15, 0.2) is 6.61 Å². The predicted octanol–water partition coefficient (Wildman–Crippen LogP) is 4.26. The van der Waals surface area contributed by atoms with Crippen LogP contribution in [-0.4, -0.2) is 12.5 Å². The number of carbonyl (C=O) groups is 1. The second-order valence-electron chi connectivity index (χ2n) is 3.92. The molecule has 0 saturated heterocycles. The van der Waals surface area contributed by atoms with Crippen molar-refractivity contribution in [3.8, 4) is 5.75 Å². The Kier molecular flexibility index (Phi) is 4.98. The van der Waals surface area contributed by atoms with Crippen molar-refractivity contribution in [2.75, 3.05) is 11.9 Å². The van der Waals surface area contributed by atoms with Gasteiger partial charge in [0.05, 0.1) is 4.47 Å². The summed E-state index contributed by atoms with van der Waals surface area (Å²) in [4.78, 5) is 11.7. The topological polar surface area (TPSA) is 38.3 Å². The molecule has 0 aromatic heterocycles. The van der Waals surface area contributed by atoms with Crippen molar-refractivity contribution in [2.24, 2.45) is 0 Å². The summed E-state index contributed by atoms with van der Waals surface area (Å²) in [5, 5.41) is 3.20. The van der Waals surface area contributed by atoms with Gasteiger partial charge in [-0.1, -0.05) is 11.6 Å². The van der Waals surface area contributed by atoms with Gasteiger partial charge in [0.1, 0.15) is 11.6 Å². The van der Waals surface area contributed by atoms with Crippen molar-refractivity contribution in [1.29, 1.82) is 0 Å². The van der Waals surface area contributed by atoms with Crippen LogP contribution in [0.15, 0.2) is 46.9 Å². The van der Waals surface area contributed by atoms with Gasteiger partial charge in [0.25, 0.3) is 5.91 Å². The number of halogens is 3. The third-order valence-corrected chi connectivity index (χ3v) is 3.25. The molecule has 0 heterocycles. The van der Waals surface area contributed by atoms with Crippen LogP contribution in [0.5, 0.6) is 5.75 Å². The van der Waals surface area contributed by atoms with Crippen molar-refractivity contribution in [1.82, 2.24) is 0 Å². The van der Waals surface area contributed by atoms with Crippen molar-refractivity contribution in [3.63, 3.8) is 0 Å². The van der Waals surface area contributed by atoms with Crippen LogP contribution in [0.25, 0.3) is 0 Å². The maximum Gasteiger partial charge on any atom is 0.262 e. The van der Waals surface area contributed by atoms with Crippen molar-refractivity contribution < 1.29 is 13.9 Å². The number of amides is 1. The summed E-state index contributed by atoms with van der Waals surface area (Å²) in [6.07, 6.45) is 0. The van der Waals surface area contributed by atoms with E-state index in [1.165, 1.54) is 18.2 Å². The summed E-state index contributed by atoms with van der Waals surface area (Å²) in [6, 6.07) is 10.9. The summed E-state index contributed by atoms with van der Waals surface area (Å²) in [5.74, 6) is -0.177. The first-order valence-corrected chi connectivity index (χ1v) is 6.85. The van der Waals surface area contributed by atoms with Gasteiger partial charge in [-0.2, -0.15) is 0 Å². The van der Waals surface area contributed by atoms with E-state index in [4.69, 9.17) is 16.3 Å². The van der Waals surface area contributed by atoms with Gasteiger partial charge in [-0.15, -0.1) is 0 Å². The zero-order valence-corrected chi connectivity index (χ0v) is 12.5. The molecule has 1 N–H and O–H groups in total. The molecule has 0 spiro atoms. The third kappa shape index (κ3) is 4.21. The number of rotatable bonds is 4. The minimum Gasteiger partial charge on any atom is -0.484 e. The molecule has 0 fully saturated rings. The first-order valence-electron chi connectivity index (χ1n) is 5.68. The SMILES string of the molecule is O=C(COc1ccc(Cl)cc1)Nc1ccc(F)c(Br)c1. The Labute approximate surface area is 128 Å². The lowest BCUT2D eigenvalue weighted by Crippen LogP contribution is -2.20. The summed E-state index contributed by atoms with van der Waals surface area (Å²) >= 11 is 8.79. The molecule has 2 rings (SSSR count). The summed E-state index contributed by atoms with van der Waals surface area (Å²) in [5.41, 5.74) is 0.489. The summed E-state index contributed by atoms with van der Waals surface area (Å²) < 4.78 is 18.6. The van der Waals surface area contributed by atoms with Crippen molar-refractivity contribution >= 4 is 39.1 Å². The van der Waals surface area contributed by atoms with Gasteiger partial charge < -0.3 is 10.1 Å². The van der Waals surface area contributed by atoms with E-state index in [-0.39, 0.29) is 22.8 Å². The molecule has 0 unspecified atom stereocenters. The van der Waals surface area contributed by atoms with Crippen LogP contribution in [-0.2, 0) is 4.79 Å². The molecule has 0 bridgehead atoms. The molecule has 0 radical (unpaired) electrons. The van der Waals surface area contributed by atoms with Crippen molar-refractivity contribution in [2.45, 2.75) is 0 Å². The van der Waals surface area contributed by atoms with Gasteiger partial charge in [-0.3, -0.25) is 4.79 Å². The Morgan fingerprint density at radius 1 is 1.25 bits per heavy atom. The highest BCUT2D eigenvalue weighted by Crippen LogP contribution is 2.20. The lowest BCUT2D eigenvalue weighted by atomic mass is 10.3. The van der Waals surface area contributed by atoms with Gasteiger partial charge in [0.2, 0.25) is 0 Å². The zero-order chi connectivity index (χ0) is 14.5. The van der Waals surface area contributed by atoms with E-state index in [1.807, 2.05) is 0 Å². The van der Waals surface area contributed by atoms with E-state index in [2.05, 4.69) is 21.2 Å². The molecular weight excluding hydrogens is 349 g/mol. The molecule has 0 aliphatic carbocycles. The molecule has 3 nitrogen and oxygen atoms in total. The quantitative estimate of drug-likeness (QED) is 0.887.